The van der Waals surface area contributed by atoms with Crippen molar-refractivity contribution in [3.63, 3.8) is 0 Å². The lowest BCUT2D eigenvalue weighted by Crippen LogP contribution is -2.44. The van der Waals surface area contributed by atoms with E-state index in [4.69, 9.17) is 0 Å². The number of fused-ring (bicyclic) bond motifs is 5. The standard InChI is InChI=1S/C26H40/c1-19(2)9-5-6-10-21-13-15-23-22-14-12-20-11-7-8-17-25(20,3)24(22)16-18-26(21,23)4/h5-6,12,14,19,21,23-24H,7-11,13,15-18H2,1-4H3/b6-5+. The smallest absolute Gasteiger partial charge is 0.00476 e. The monoisotopic (exact) mass is 352 g/mol. The van der Waals surface area contributed by atoms with Crippen LogP contribution in [0.5, 0.6) is 0 Å². The highest BCUT2D eigenvalue weighted by Gasteiger charge is 2.55. The second kappa shape index (κ2) is 6.99. The quantitative estimate of drug-likeness (QED) is 0.451. The van der Waals surface area contributed by atoms with Crippen molar-refractivity contribution >= 4 is 0 Å². The van der Waals surface area contributed by atoms with Crippen molar-refractivity contribution in [2.75, 3.05) is 0 Å². The zero-order valence-electron chi connectivity index (χ0n) is 17.7. The van der Waals surface area contributed by atoms with Gasteiger partial charge in [0.25, 0.3) is 0 Å². The maximum Gasteiger partial charge on any atom is -0.00476 e. The molecule has 0 spiro atoms. The van der Waals surface area contributed by atoms with Gasteiger partial charge in [-0.05, 0) is 92.3 Å². The Hall–Kier alpha value is -0.780. The molecule has 26 heavy (non-hydrogen) atoms. The fourth-order valence-electron chi connectivity index (χ4n) is 7.16. The van der Waals surface area contributed by atoms with Gasteiger partial charge in [-0.2, -0.15) is 0 Å². The van der Waals surface area contributed by atoms with Crippen LogP contribution < -0.4 is 0 Å². The molecule has 5 unspecified atom stereocenters. The van der Waals surface area contributed by atoms with E-state index in [9.17, 15) is 0 Å². The van der Waals surface area contributed by atoms with Gasteiger partial charge in [0.15, 0.2) is 0 Å². The fraction of sp³-hybridized carbons (Fsp3) is 0.769. The maximum absolute atomic E-state index is 2.64. The fourth-order valence-corrected chi connectivity index (χ4v) is 7.16. The first-order valence-corrected chi connectivity index (χ1v) is 11.5. The van der Waals surface area contributed by atoms with Crippen LogP contribution in [0.4, 0.5) is 0 Å². The average Bonchev–Trinajstić information content (AvgIpc) is 2.94. The summed E-state index contributed by atoms with van der Waals surface area (Å²) < 4.78 is 0. The molecule has 0 nitrogen and oxygen atoms in total. The van der Waals surface area contributed by atoms with Crippen molar-refractivity contribution in [1.29, 1.82) is 0 Å². The molecule has 144 valence electrons. The van der Waals surface area contributed by atoms with E-state index in [1.807, 2.05) is 5.57 Å². The summed E-state index contributed by atoms with van der Waals surface area (Å²) >= 11 is 0. The van der Waals surface area contributed by atoms with Crippen LogP contribution in [-0.2, 0) is 0 Å². The summed E-state index contributed by atoms with van der Waals surface area (Å²) in [5.74, 6) is 3.41. The van der Waals surface area contributed by atoms with Crippen LogP contribution in [0.3, 0.4) is 0 Å². The Morgan fingerprint density at radius 3 is 2.65 bits per heavy atom. The highest BCUT2D eigenvalue weighted by molar-refractivity contribution is 5.38. The number of allylic oxidation sites excluding steroid dienone is 6. The minimum atomic E-state index is 0.499. The molecule has 0 aromatic heterocycles. The Labute approximate surface area is 162 Å². The predicted molar refractivity (Wildman–Crippen MR) is 113 cm³/mol. The molecule has 0 amide bonds. The molecule has 4 aliphatic carbocycles. The molecule has 4 rings (SSSR count). The summed E-state index contributed by atoms with van der Waals surface area (Å²) in [6.07, 6.45) is 24.2. The zero-order valence-corrected chi connectivity index (χ0v) is 17.7. The number of hydrogen-bond donors (Lipinski definition) is 0. The summed E-state index contributed by atoms with van der Waals surface area (Å²) in [5, 5.41) is 0. The Morgan fingerprint density at radius 1 is 1.00 bits per heavy atom. The van der Waals surface area contributed by atoms with Gasteiger partial charge in [-0.25, -0.2) is 0 Å². The normalized spacial score (nSPS) is 42.3. The Kier molecular flexibility index (Phi) is 4.99. The Morgan fingerprint density at radius 2 is 1.85 bits per heavy atom. The first-order chi connectivity index (χ1) is 12.4. The van der Waals surface area contributed by atoms with Crippen molar-refractivity contribution in [2.24, 2.45) is 34.5 Å². The van der Waals surface area contributed by atoms with Crippen molar-refractivity contribution in [2.45, 2.75) is 91.9 Å². The first-order valence-electron chi connectivity index (χ1n) is 11.5. The average molecular weight is 353 g/mol. The highest BCUT2D eigenvalue weighted by atomic mass is 14.6. The van der Waals surface area contributed by atoms with E-state index in [-0.39, 0.29) is 0 Å². The molecule has 0 saturated heterocycles. The van der Waals surface area contributed by atoms with Crippen LogP contribution in [0.2, 0.25) is 0 Å². The summed E-state index contributed by atoms with van der Waals surface area (Å²) in [5.41, 5.74) is 4.70. The van der Waals surface area contributed by atoms with Gasteiger partial charge >= 0.3 is 0 Å². The molecular formula is C26H40. The van der Waals surface area contributed by atoms with E-state index >= 15 is 0 Å². The summed E-state index contributed by atoms with van der Waals surface area (Å²) in [6.45, 7) is 9.90. The molecule has 3 fully saturated rings. The Bertz CT molecular complexity index is 618. The number of rotatable bonds is 4. The summed E-state index contributed by atoms with van der Waals surface area (Å²) in [6, 6.07) is 0. The van der Waals surface area contributed by atoms with Crippen LogP contribution in [0, 0.1) is 34.5 Å². The van der Waals surface area contributed by atoms with Crippen LogP contribution >= 0.6 is 0 Å². The largest absolute Gasteiger partial charge is 0.0883 e. The molecule has 4 aliphatic rings. The van der Waals surface area contributed by atoms with Gasteiger partial charge in [-0.3, -0.25) is 0 Å². The van der Waals surface area contributed by atoms with Crippen molar-refractivity contribution < 1.29 is 0 Å². The molecule has 0 radical (unpaired) electrons. The second-order valence-corrected chi connectivity index (χ2v) is 10.7. The summed E-state index contributed by atoms with van der Waals surface area (Å²) in [7, 11) is 0. The third-order valence-corrected chi connectivity index (χ3v) is 8.88. The SMILES string of the molecule is CC(C)C/C=C/CC1CCC2C3=CC=C4CCCCC4(C)C3CCC12C. The lowest BCUT2D eigenvalue weighted by molar-refractivity contribution is 0.0701. The number of hydrogen-bond acceptors (Lipinski definition) is 0. The Balaban J connectivity index is 1.53. The van der Waals surface area contributed by atoms with Gasteiger partial charge in [0, 0.05) is 0 Å². The van der Waals surface area contributed by atoms with E-state index in [1.165, 1.54) is 64.2 Å². The van der Waals surface area contributed by atoms with Gasteiger partial charge in [0.2, 0.25) is 0 Å². The van der Waals surface area contributed by atoms with Crippen molar-refractivity contribution in [3.05, 3.63) is 35.5 Å². The van der Waals surface area contributed by atoms with E-state index < -0.39 is 0 Å². The molecule has 0 aromatic rings. The van der Waals surface area contributed by atoms with Crippen LogP contribution in [-0.4, -0.2) is 0 Å². The van der Waals surface area contributed by atoms with Crippen molar-refractivity contribution in [1.82, 2.24) is 0 Å². The van der Waals surface area contributed by atoms with Crippen LogP contribution in [0.25, 0.3) is 0 Å². The van der Waals surface area contributed by atoms with Crippen LogP contribution in [0.1, 0.15) is 91.9 Å². The minimum absolute atomic E-state index is 0.499. The second-order valence-electron chi connectivity index (χ2n) is 10.7. The first kappa shape index (κ1) is 18.6. The zero-order chi connectivity index (χ0) is 18.4. The van der Waals surface area contributed by atoms with Gasteiger partial charge in [-0.1, -0.05) is 69.6 Å². The maximum atomic E-state index is 2.64. The molecule has 0 N–H and O–H groups in total. The third kappa shape index (κ3) is 2.96. The third-order valence-electron chi connectivity index (χ3n) is 8.88. The molecule has 0 aliphatic heterocycles. The summed E-state index contributed by atoms with van der Waals surface area (Å²) in [4.78, 5) is 0. The topological polar surface area (TPSA) is 0 Å². The predicted octanol–water partition coefficient (Wildman–Crippen LogP) is 7.87. The molecule has 3 saturated carbocycles. The minimum Gasteiger partial charge on any atom is -0.0883 e. The van der Waals surface area contributed by atoms with E-state index in [0.29, 0.717) is 10.8 Å². The van der Waals surface area contributed by atoms with Gasteiger partial charge < -0.3 is 0 Å². The lowest BCUT2D eigenvalue weighted by Gasteiger charge is -2.54. The van der Waals surface area contributed by atoms with Gasteiger partial charge in [0.05, 0.1) is 0 Å². The molecule has 0 heterocycles. The van der Waals surface area contributed by atoms with E-state index in [2.05, 4.69) is 52.0 Å². The molecule has 0 heteroatoms. The van der Waals surface area contributed by atoms with Crippen LogP contribution in [0.15, 0.2) is 35.5 Å². The van der Waals surface area contributed by atoms with Gasteiger partial charge in [0.1, 0.15) is 0 Å². The lowest BCUT2D eigenvalue weighted by atomic mass is 9.50. The molecule has 5 atom stereocenters. The van der Waals surface area contributed by atoms with E-state index in [1.54, 1.807) is 5.57 Å². The molecule has 0 aromatic carbocycles. The molecular weight excluding hydrogens is 312 g/mol. The van der Waals surface area contributed by atoms with Crippen molar-refractivity contribution in [3.8, 4) is 0 Å². The van der Waals surface area contributed by atoms with E-state index in [0.717, 1.165) is 23.7 Å². The molecule has 0 bridgehead atoms. The highest BCUT2D eigenvalue weighted by Crippen LogP contribution is 2.65. The van der Waals surface area contributed by atoms with Gasteiger partial charge in [-0.15, -0.1) is 0 Å².